The predicted molar refractivity (Wildman–Crippen MR) is 84.6 cm³/mol. The number of nitrogens with one attached hydrogen (secondary N) is 1. The summed E-state index contributed by atoms with van der Waals surface area (Å²) in [7, 11) is 0. The van der Waals surface area contributed by atoms with Crippen molar-refractivity contribution < 1.29 is 27.6 Å². The molecule has 9 heteroatoms. The smallest absolute Gasteiger partial charge is 0.342 e. The lowest BCUT2D eigenvalue weighted by Crippen LogP contribution is -2.81. The molecule has 1 spiro atoms. The van der Waals surface area contributed by atoms with Gasteiger partial charge in [0.15, 0.2) is 5.54 Å². The van der Waals surface area contributed by atoms with Gasteiger partial charge >= 0.3 is 6.18 Å². The molecule has 2 heterocycles. The standard InChI is InChI=1S/C17H18F3N3O3/c1-10-14(25)23(7-12-3-5-13(6-4-12)17(18,19)20)16(15(26)21-10)8-22(9-16)11(2)24/h3-6,10H,7-9H2,1-2H3,(H,21,26). The van der Waals surface area contributed by atoms with Gasteiger partial charge in [0.05, 0.1) is 18.7 Å². The number of alkyl halides is 3. The Morgan fingerprint density at radius 3 is 2.31 bits per heavy atom. The summed E-state index contributed by atoms with van der Waals surface area (Å²) in [6.45, 7) is 3.08. The number of carbonyl (C=O) groups is 3. The van der Waals surface area contributed by atoms with Crippen LogP contribution in [0.25, 0.3) is 0 Å². The van der Waals surface area contributed by atoms with Crippen LogP contribution in [0.15, 0.2) is 24.3 Å². The number of hydrogen-bond acceptors (Lipinski definition) is 3. The topological polar surface area (TPSA) is 69.7 Å². The average molecular weight is 369 g/mol. The zero-order valence-electron chi connectivity index (χ0n) is 14.3. The van der Waals surface area contributed by atoms with Crippen LogP contribution in [0.4, 0.5) is 13.2 Å². The second-order valence-electron chi connectivity index (χ2n) is 6.72. The molecule has 0 bridgehead atoms. The summed E-state index contributed by atoms with van der Waals surface area (Å²) in [4.78, 5) is 39.4. The highest BCUT2D eigenvalue weighted by atomic mass is 19.4. The van der Waals surface area contributed by atoms with Gasteiger partial charge in [-0.15, -0.1) is 0 Å². The molecule has 2 aliphatic heterocycles. The van der Waals surface area contributed by atoms with Crippen LogP contribution < -0.4 is 5.32 Å². The number of halogens is 3. The van der Waals surface area contributed by atoms with E-state index in [1.165, 1.54) is 28.9 Å². The van der Waals surface area contributed by atoms with Gasteiger partial charge in [0, 0.05) is 13.5 Å². The second kappa shape index (κ2) is 6.00. The first kappa shape index (κ1) is 18.2. The Morgan fingerprint density at radius 1 is 1.23 bits per heavy atom. The Kier molecular flexibility index (Phi) is 4.20. The summed E-state index contributed by atoms with van der Waals surface area (Å²) >= 11 is 0. The van der Waals surface area contributed by atoms with Crippen molar-refractivity contribution in [3.8, 4) is 0 Å². The number of benzene rings is 1. The van der Waals surface area contributed by atoms with Crippen LogP contribution in [0, 0.1) is 0 Å². The van der Waals surface area contributed by atoms with E-state index in [1.807, 2.05) is 0 Å². The van der Waals surface area contributed by atoms with E-state index in [4.69, 9.17) is 0 Å². The van der Waals surface area contributed by atoms with Crippen molar-refractivity contribution in [2.75, 3.05) is 13.1 Å². The highest BCUT2D eigenvalue weighted by Crippen LogP contribution is 2.34. The maximum Gasteiger partial charge on any atom is 0.416 e. The molecule has 1 N–H and O–H groups in total. The first-order chi connectivity index (χ1) is 12.0. The number of carbonyl (C=O) groups excluding carboxylic acids is 3. The summed E-state index contributed by atoms with van der Waals surface area (Å²) < 4.78 is 38.1. The monoisotopic (exact) mass is 369 g/mol. The first-order valence-corrected chi connectivity index (χ1v) is 8.09. The van der Waals surface area contributed by atoms with Gasteiger partial charge in [-0.25, -0.2) is 0 Å². The molecule has 2 fully saturated rings. The van der Waals surface area contributed by atoms with Crippen LogP contribution in [0.1, 0.15) is 25.0 Å². The summed E-state index contributed by atoms with van der Waals surface area (Å²) in [6, 6.07) is 3.75. The Bertz CT molecular complexity index is 755. The number of piperazine rings is 1. The van der Waals surface area contributed by atoms with E-state index in [0.717, 1.165) is 12.1 Å². The Balaban J connectivity index is 1.86. The minimum atomic E-state index is -4.44. The molecule has 140 valence electrons. The van der Waals surface area contributed by atoms with Crippen molar-refractivity contribution in [2.24, 2.45) is 0 Å². The summed E-state index contributed by atoms with van der Waals surface area (Å²) in [5.74, 6) is -0.884. The SMILES string of the molecule is CC(=O)N1CC2(C1)C(=O)NC(C)C(=O)N2Cc1ccc(C(F)(F)F)cc1. The molecule has 6 nitrogen and oxygen atoms in total. The Hall–Kier alpha value is -2.58. The second-order valence-corrected chi connectivity index (χ2v) is 6.72. The van der Waals surface area contributed by atoms with Gasteiger partial charge in [-0.2, -0.15) is 13.2 Å². The van der Waals surface area contributed by atoms with Gasteiger partial charge < -0.3 is 15.1 Å². The minimum Gasteiger partial charge on any atom is -0.342 e. The predicted octanol–water partition coefficient (Wildman–Crippen LogP) is 1.15. The van der Waals surface area contributed by atoms with E-state index in [1.54, 1.807) is 6.92 Å². The van der Waals surface area contributed by atoms with Crippen molar-refractivity contribution in [1.82, 2.24) is 15.1 Å². The van der Waals surface area contributed by atoms with E-state index in [9.17, 15) is 27.6 Å². The van der Waals surface area contributed by atoms with Gasteiger partial charge in [0.2, 0.25) is 17.7 Å². The fourth-order valence-electron chi connectivity index (χ4n) is 3.29. The van der Waals surface area contributed by atoms with Gasteiger partial charge in [0.1, 0.15) is 6.04 Å². The summed E-state index contributed by atoms with van der Waals surface area (Å²) in [6.07, 6.45) is -4.44. The van der Waals surface area contributed by atoms with Crippen LogP contribution in [0.3, 0.4) is 0 Å². The molecule has 26 heavy (non-hydrogen) atoms. The fourth-order valence-corrected chi connectivity index (χ4v) is 3.29. The lowest BCUT2D eigenvalue weighted by Gasteiger charge is -2.56. The molecule has 1 aromatic carbocycles. The number of nitrogens with zero attached hydrogens (tertiary/aromatic N) is 2. The van der Waals surface area contributed by atoms with Gasteiger partial charge in [-0.05, 0) is 24.6 Å². The lowest BCUT2D eigenvalue weighted by atomic mass is 9.83. The maximum atomic E-state index is 12.7. The Labute approximate surface area is 147 Å². The van der Waals surface area contributed by atoms with Crippen molar-refractivity contribution in [2.45, 2.75) is 38.1 Å². The first-order valence-electron chi connectivity index (χ1n) is 8.09. The highest BCUT2D eigenvalue weighted by molar-refractivity contribution is 6.01. The third-order valence-corrected chi connectivity index (χ3v) is 4.90. The molecule has 1 unspecified atom stereocenters. The van der Waals surface area contributed by atoms with Crippen molar-refractivity contribution in [3.05, 3.63) is 35.4 Å². The van der Waals surface area contributed by atoms with E-state index < -0.39 is 23.3 Å². The molecule has 3 amide bonds. The van der Waals surface area contributed by atoms with Crippen LogP contribution in [0.2, 0.25) is 0 Å². The summed E-state index contributed by atoms with van der Waals surface area (Å²) in [5, 5.41) is 2.61. The lowest BCUT2D eigenvalue weighted by molar-refractivity contribution is -0.174. The molecule has 2 aliphatic rings. The fraction of sp³-hybridized carbons (Fsp3) is 0.471. The van der Waals surface area contributed by atoms with Crippen LogP contribution in [0.5, 0.6) is 0 Å². The average Bonchev–Trinajstić information content (AvgIpc) is 2.50. The van der Waals surface area contributed by atoms with Crippen LogP contribution in [-0.2, 0) is 27.1 Å². The zero-order valence-corrected chi connectivity index (χ0v) is 14.3. The van der Waals surface area contributed by atoms with Crippen molar-refractivity contribution >= 4 is 17.7 Å². The van der Waals surface area contributed by atoms with Gasteiger partial charge in [0.25, 0.3) is 0 Å². The third-order valence-electron chi connectivity index (χ3n) is 4.90. The van der Waals surface area contributed by atoms with Crippen molar-refractivity contribution in [3.63, 3.8) is 0 Å². The molecule has 3 rings (SSSR count). The number of likely N-dealkylation sites (tertiary alicyclic amines) is 1. The molecular formula is C17H18F3N3O3. The van der Waals surface area contributed by atoms with Crippen molar-refractivity contribution in [1.29, 1.82) is 0 Å². The molecular weight excluding hydrogens is 351 g/mol. The van der Waals surface area contributed by atoms with Gasteiger partial charge in [-0.3, -0.25) is 14.4 Å². The maximum absolute atomic E-state index is 12.7. The zero-order chi connectivity index (χ0) is 19.3. The van der Waals surface area contributed by atoms with Crippen LogP contribution in [-0.4, -0.2) is 52.2 Å². The molecule has 1 atom stereocenters. The Morgan fingerprint density at radius 2 is 1.81 bits per heavy atom. The molecule has 0 aliphatic carbocycles. The molecule has 0 radical (unpaired) electrons. The van der Waals surface area contributed by atoms with E-state index in [0.29, 0.717) is 5.56 Å². The number of rotatable bonds is 2. The molecule has 0 saturated carbocycles. The minimum absolute atomic E-state index is 0.000471. The molecule has 0 aromatic heterocycles. The normalized spacial score (nSPS) is 22.3. The van der Waals surface area contributed by atoms with E-state index >= 15 is 0 Å². The number of hydrogen-bond donors (Lipinski definition) is 1. The summed E-state index contributed by atoms with van der Waals surface area (Å²) in [5.41, 5.74) is -1.47. The number of amides is 3. The van der Waals surface area contributed by atoms with Gasteiger partial charge in [-0.1, -0.05) is 12.1 Å². The van der Waals surface area contributed by atoms with E-state index in [-0.39, 0.29) is 37.4 Å². The quantitative estimate of drug-likeness (QED) is 0.850. The third kappa shape index (κ3) is 2.91. The highest BCUT2D eigenvalue weighted by Gasteiger charge is 2.59. The molecule has 2 saturated heterocycles. The van der Waals surface area contributed by atoms with Crippen LogP contribution >= 0.6 is 0 Å². The largest absolute Gasteiger partial charge is 0.416 e. The molecule has 1 aromatic rings. The van der Waals surface area contributed by atoms with E-state index in [2.05, 4.69) is 5.32 Å².